The van der Waals surface area contributed by atoms with E-state index >= 15 is 0 Å². The lowest BCUT2D eigenvalue weighted by atomic mass is 10.2. The second-order valence-electron chi connectivity index (χ2n) is 4.17. The van der Waals surface area contributed by atoms with Gasteiger partial charge in [0.15, 0.2) is 0 Å². The van der Waals surface area contributed by atoms with Gasteiger partial charge in [-0.3, -0.25) is 4.79 Å². The Morgan fingerprint density at radius 3 is 2.70 bits per heavy atom. The summed E-state index contributed by atoms with van der Waals surface area (Å²) >= 11 is 0. The standard InChI is InChI=1S/C14H19NO5/c1-3-4-7-20-9-13(16)15-11-6-5-10(14(17)18)8-12(11)19-2/h5-6,8H,3-4,7,9H2,1-2H3,(H,15,16)(H,17,18). The first-order valence-electron chi connectivity index (χ1n) is 6.37. The number of anilines is 1. The SMILES string of the molecule is CCCCOCC(=O)Nc1ccc(C(=O)O)cc1OC. The van der Waals surface area contributed by atoms with Gasteiger partial charge in [-0.2, -0.15) is 0 Å². The van der Waals surface area contributed by atoms with Gasteiger partial charge in [0, 0.05) is 6.61 Å². The van der Waals surface area contributed by atoms with E-state index in [1.165, 1.54) is 25.3 Å². The van der Waals surface area contributed by atoms with Crippen LogP contribution in [0.5, 0.6) is 5.75 Å². The minimum atomic E-state index is -1.05. The zero-order chi connectivity index (χ0) is 15.0. The summed E-state index contributed by atoms with van der Waals surface area (Å²) in [5.41, 5.74) is 0.514. The van der Waals surface area contributed by atoms with Gasteiger partial charge in [0.1, 0.15) is 12.4 Å². The van der Waals surface area contributed by atoms with Crippen LogP contribution in [-0.2, 0) is 9.53 Å². The topological polar surface area (TPSA) is 84.9 Å². The van der Waals surface area contributed by atoms with Crippen LogP contribution in [0, 0.1) is 0 Å². The van der Waals surface area contributed by atoms with Crippen molar-refractivity contribution < 1.29 is 24.2 Å². The van der Waals surface area contributed by atoms with Crippen molar-refractivity contribution in [2.75, 3.05) is 25.6 Å². The highest BCUT2D eigenvalue weighted by atomic mass is 16.5. The molecule has 0 aliphatic rings. The third-order valence-electron chi connectivity index (χ3n) is 2.60. The monoisotopic (exact) mass is 281 g/mol. The maximum absolute atomic E-state index is 11.7. The van der Waals surface area contributed by atoms with Crippen LogP contribution >= 0.6 is 0 Å². The van der Waals surface area contributed by atoms with E-state index in [9.17, 15) is 9.59 Å². The Morgan fingerprint density at radius 2 is 2.10 bits per heavy atom. The van der Waals surface area contributed by atoms with Crippen molar-refractivity contribution in [3.05, 3.63) is 23.8 Å². The Morgan fingerprint density at radius 1 is 1.35 bits per heavy atom. The van der Waals surface area contributed by atoms with Gasteiger partial charge >= 0.3 is 5.97 Å². The fraction of sp³-hybridized carbons (Fsp3) is 0.429. The first-order chi connectivity index (χ1) is 9.58. The molecule has 0 aliphatic carbocycles. The molecule has 2 N–H and O–H groups in total. The molecule has 0 saturated heterocycles. The molecule has 6 nitrogen and oxygen atoms in total. The minimum absolute atomic E-state index is 0.0379. The smallest absolute Gasteiger partial charge is 0.335 e. The fourth-order valence-corrected chi connectivity index (χ4v) is 1.53. The van der Waals surface area contributed by atoms with Crippen molar-refractivity contribution in [2.45, 2.75) is 19.8 Å². The van der Waals surface area contributed by atoms with E-state index in [2.05, 4.69) is 5.32 Å². The molecule has 0 unspecified atom stereocenters. The van der Waals surface area contributed by atoms with Crippen molar-refractivity contribution in [3.63, 3.8) is 0 Å². The fourth-order valence-electron chi connectivity index (χ4n) is 1.53. The minimum Gasteiger partial charge on any atom is -0.495 e. The predicted molar refractivity (Wildman–Crippen MR) is 74.3 cm³/mol. The number of nitrogens with one attached hydrogen (secondary N) is 1. The maximum Gasteiger partial charge on any atom is 0.335 e. The molecule has 0 atom stereocenters. The van der Waals surface area contributed by atoms with E-state index in [4.69, 9.17) is 14.6 Å². The Balaban J connectivity index is 2.62. The molecule has 0 spiro atoms. The number of rotatable bonds is 8. The summed E-state index contributed by atoms with van der Waals surface area (Å²) in [6, 6.07) is 4.25. The molecule has 0 aromatic heterocycles. The highest BCUT2D eigenvalue weighted by molar-refractivity contribution is 5.95. The summed E-state index contributed by atoms with van der Waals surface area (Å²) < 4.78 is 10.3. The molecule has 0 heterocycles. The number of ether oxygens (including phenoxy) is 2. The summed E-state index contributed by atoms with van der Waals surface area (Å²) in [6.45, 7) is 2.54. The number of hydrogen-bond acceptors (Lipinski definition) is 4. The lowest BCUT2D eigenvalue weighted by Gasteiger charge is -2.11. The van der Waals surface area contributed by atoms with Crippen LogP contribution in [-0.4, -0.2) is 37.3 Å². The normalized spacial score (nSPS) is 10.1. The van der Waals surface area contributed by atoms with Crippen molar-refractivity contribution in [3.8, 4) is 5.75 Å². The lowest BCUT2D eigenvalue weighted by Crippen LogP contribution is -2.19. The number of unbranched alkanes of at least 4 members (excludes halogenated alkanes) is 1. The molecule has 20 heavy (non-hydrogen) atoms. The third kappa shape index (κ3) is 4.89. The molecule has 110 valence electrons. The van der Waals surface area contributed by atoms with E-state index in [1.807, 2.05) is 6.92 Å². The molecule has 6 heteroatoms. The van der Waals surface area contributed by atoms with Gasteiger partial charge in [0.05, 0.1) is 18.4 Å². The average molecular weight is 281 g/mol. The first-order valence-corrected chi connectivity index (χ1v) is 6.37. The van der Waals surface area contributed by atoms with Gasteiger partial charge in [0.25, 0.3) is 0 Å². The number of carboxylic acids is 1. The predicted octanol–water partition coefficient (Wildman–Crippen LogP) is 2.15. The number of carboxylic acid groups (broad SMARTS) is 1. The summed E-state index contributed by atoms with van der Waals surface area (Å²) in [5.74, 6) is -1.06. The van der Waals surface area contributed by atoms with Crippen molar-refractivity contribution >= 4 is 17.6 Å². The average Bonchev–Trinajstić information content (AvgIpc) is 2.43. The van der Waals surface area contributed by atoms with Crippen LogP contribution in [0.15, 0.2) is 18.2 Å². The van der Waals surface area contributed by atoms with Crippen molar-refractivity contribution in [2.24, 2.45) is 0 Å². The Kier molecular flexibility index (Phi) is 6.52. The lowest BCUT2D eigenvalue weighted by molar-refractivity contribution is -0.120. The van der Waals surface area contributed by atoms with Crippen LogP contribution in [0.1, 0.15) is 30.1 Å². The Labute approximate surface area is 117 Å². The number of benzene rings is 1. The maximum atomic E-state index is 11.7. The van der Waals surface area contributed by atoms with Gasteiger partial charge in [-0.25, -0.2) is 4.79 Å². The summed E-state index contributed by atoms with van der Waals surface area (Å²) in [4.78, 5) is 22.5. The molecule has 0 fully saturated rings. The first kappa shape index (κ1) is 16.0. The number of aromatic carboxylic acids is 1. The molecule has 0 radical (unpaired) electrons. The van der Waals surface area contributed by atoms with Crippen LogP contribution in [0.2, 0.25) is 0 Å². The van der Waals surface area contributed by atoms with Crippen molar-refractivity contribution in [1.29, 1.82) is 0 Å². The quantitative estimate of drug-likeness (QED) is 0.713. The summed E-state index contributed by atoms with van der Waals surface area (Å²) in [7, 11) is 1.41. The van der Waals surface area contributed by atoms with Crippen LogP contribution in [0.4, 0.5) is 5.69 Å². The molecule has 1 aromatic carbocycles. The molecular formula is C14H19NO5. The van der Waals surface area contributed by atoms with Crippen molar-refractivity contribution in [1.82, 2.24) is 0 Å². The number of hydrogen-bond donors (Lipinski definition) is 2. The number of methoxy groups -OCH3 is 1. The zero-order valence-corrected chi connectivity index (χ0v) is 11.6. The molecule has 1 rings (SSSR count). The van der Waals surface area contributed by atoms with E-state index in [0.717, 1.165) is 12.8 Å². The molecule has 1 aromatic rings. The second kappa shape index (κ2) is 8.16. The van der Waals surface area contributed by atoms with Gasteiger partial charge < -0.3 is 19.9 Å². The summed E-state index contributed by atoms with van der Waals surface area (Å²) in [6.07, 6.45) is 1.91. The Hall–Kier alpha value is -2.08. The Bertz CT molecular complexity index is 473. The third-order valence-corrected chi connectivity index (χ3v) is 2.60. The number of carbonyl (C=O) groups is 2. The highest BCUT2D eigenvalue weighted by Crippen LogP contribution is 2.25. The molecule has 0 saturated carbocycles. The largest absolute Gasteiger partial charge is 0.495 e. The van der Waals surface area contributed by atoms with E-state index in [0.29, 0.717) is 18.0 Å². The number of amides is 1. The van der Waals surface area contributed by atoms with Gasteiger partial charge in [0.2, 0.25) is 5.91 Å². The van der Waals surface area contributed by atoms with Gasteiger partial charge in [-0.15, -0.1) is 0 Å². The number of carbonyl (C=O) groups excluding carboxylic acids is 1. The van der Waals surface area contributed by atoms with Crippen LogP contribution in [0.25, 0.3) is 0 Å². The highest BCUT2D eigenvalue weighted by Gasteiger charge is 2.11. The summed E-state index contributed by atoms with van der Waals surface area (Å²) in [5, 5.41) is 11.5. The van der Waals surface area contributed by atoms with Gasteiger partial charge in [-0.05, 0) is 24.6 Å². The molecule has 0 bridgehead atoms. The van der Waals surface area contributed by atoms with Crippen LogP contribution < -0.4 is 10.1 Å². The zero-order valence-electron chi connectivity index (χ0n) is 11.6. The van der Waals surface area contributed by atoms with E-state index < -0.39 is 5.97 Å². The molecule has 0 aliphatic heterocycles. The molecule has 1 amide bonds. The second-order valence-corrected chi connectivity index (χ2v) is 4.17. The van der Waals surface area contributed by atoms with E-state index in [-0.39, 0.29) is 18.1 Å². The van der Waals surface area contributed by atoms with Crippen LogP contribution in [0.3, 0.4) is 0 Å². The van der Waals surface area contributed by atoms with Gasteiger partial charge in [-0.1, -0.05) is 13.3 Å². The van der Waals surface area contributed by atoms with E-state index in [1.54, 1.807) is 0 Å². The molecular weight excluding hydrogens is 262 g/mol.